The molecular weight excluding hydrogens is 285 g/mol. The Bertz CT molecular complexity index is 416. The number of rotatable bonds is 0. The Morgan fingerprint density at radius 1 is 1.31 bits per heavy atom. The smallest absolute Gasteiger partial charge is 0.376 e. The van der Waals surface area contributed by atoms with Gasteiger partial charge in [0.15, 0.2) is 5.60 Å². The first-order valence-electron chi connectivity index (χ1n) is 4.92. The van der Waals surface area contributed by atoms with Gasteiger partial charge in [0, 0.05) is 4.47 Å². The van der Waals surface area contributed by atoms with E-state index in [1.54, 1.807) is 12.1 Å². The molecule has 0 amide bonds. The monoisotopic (exact) mass is 294 g/mol. The predicted octanol–water partition coefficient (Wildman–Crippen LogP) is 3.54. The van der Waals surface area contributed by atoms with E-state index in [0.29, 0.717) is 22.9 Å². The summed E-state index contributed by atoms with van der Waals surface area (Å²) in [4.78, 5) is 0. The van der Waals surface area contributed by atoms with Crippen LogP contribution in [0.4, 0.5) is 13.2 Å². The van der Waals surface area contributed by atoms with Gasteiger partial charge in [0.1, 0.15) is 0 Å². The molecule has 0 aromatic heterocycles. The maximum atomic E-state index is 12.9. The molecule has 1 aromatic rings. The minimum absolute atomic E-state index is 0.0133. The lowest BCUT2D eigenvalue weighted by Crippen LogP contribution is -2.44. The molecule has 1 aliphatic carbocycles. The second kappa shape index (κ2) is 3.74. The van der Waals surface area contributed by atoms with E-state index in [9.17, 15) is 18.3 Å². The van der Waals surface area contributed by atoms with Gasteiger partial charge in [-0.3, -0.25) is 0 Å². The normalized spacial score (nSPS) is 25.3. The van der Waals surface area contributed by atoms with Gasteiger partial charge in [-0.1, -0.05) is 22.0 Å². The van der Waals surface area contributed by atoms with Crippen molar-refractivity contribution < 1.29 is 18.3 Å². The molecule has 1 aliphatic rings. The van der Waals surface area contributed by atoms with Crippen LogP contribution in [0, 0.1) is 0 Å². The predicted molar refractivity (Wildman–Crippen MR) is 57.0 cm³/mol. The van der Waals surface area contributed by atoms with E-state index in [1.807, 2.05) is 0 Å². The molecule has 1 atom stereocenters. The minimum Gasteiger partial charge on any atom is -0.376 e. The number of aliphatic hydroxyl groups is 1. The molecular formula is C11H10BrF3O. The van der Waals surface area contributed by atoms with Crippen LogP contribution in [0.1, 0.15) is 24.0 Å². The van der Waals surface area contributed by atoms with Gasteiger partial charge in [-0.2, -0.15) is 13.2 Å². The van der Waals surface area contributed by atoms with Crippen LogP contribution in [-0.4, -0.2) is 11.3 Å². The first-order chi connectivity index (χ1) is 7.34. The molecule has 0 heterocycles. The minimum atomic E-state index is -4.62. The van der Waals surface area contributed by atoms with Crippen molar-refractivity contribution in [1.29, 1.82) is 0 Å². The molecule has 16 heavy (non-hydrogen) atoms. The fraction of sp³-hybridized carbons (Fsp3) is 0.455. The first kappa shape index (κ1) is 11.9. The van der Waals surface area contributed by atoms with Gasteiger partial charge in [0.25, 0.3) is 0 Å². The van der Waals surface area contributed by atoms with Crippen molar-refractivity contribution in [3.63, 3.8) is 0 Å². The maximum absolute atomic E-state index is 12.9. The molecule has 1 aromatic carbocycles. The Kier molecular flexibility index (Phi) is 2.78. The third-order valence-corrected chi connectivity index (χ3v) is 3.46. The molecule has 0 saturated heterocycles. The summed E-state index contributed by atoms with van der Waals surface area (Å²) in [6, 6.07) is 4.69. The highest BCUT2D eigenvalue weighted by molar-refractivity contribution is 9.10. The summed E-state index contributed by atoms with van der Waals surface area (Å²) in [6.45, 7) is 0. The fourth-order valence-corrected chi connectivity index (χ4v) is 2.48. The lowest BCUT2D eigenvalue weighted by atomic mass is 9.79. The Morgan fingerprint density at radius 2 is 2.00 bits per heavy atom. The summed E-state index contributed by atoms with van der Waals surface area (Å²) in [5, 5.41) is 9.84. The van der Waals surface area contributed by atoms with Crippen molar-refractivity contribution in [2.24, 2.45) is 0 Å². The van der Waals surface area contributed by atoms with Crippen molar-refractivity contribution in [3.8, 4) is 0 Å². The van der Waals surface area contributed by atoms with Gasteiger partial charge in [-0.05, 0) is 42.5 Å². The van der Waals surface area contributed by atoms with Crippen molar-refractivity contribution in [1.82, 2.24) is 0 Å². The zero-order valence-corrected chi connectivity index (χ0v) is 9.90. The molecule has 0 aliphatic heterocycles. The number of fused-ring (bicyclic) bond motifs is 1. The quantitative estimate of drug-likeness (QED) is 0.776. The van der Waals surface area contributed by atoms with Crippen LogP contribution in [0.3, 0.4) is 0 Å². The van der Waals surface area contributed by atoms with E-state index in [1.165, 1.54) is 6.07 Å². The average Bonchev–Trinajstić information content (AvgIpc) is 2.18. The van der Waals surface area contributed by atoms with Crippen LogP contribution in [0.25, 0.3) is 0 Å². The Morgan fingerprint density at radius 3 is 2.62 bits per heavy atom. The third-order valence-electron chi connectivity index (χ3n) is 2.97. The molecule has 0 radical (unpaired) electrons. The molecule has 0 bridgehead atoms. The number of benzene rings is 1. The summed E-state index contributed by atoms with van der Waals surface area (Å²) in [6.07, 6.45) is -3.95. The Hall–Kier alpha value is -0.550. The van der Waals surface area contributed by atoms with Crippen LogP contribution in [-0.2, 0) is 12.0 Å². The molecule has 1 unspecified atom stereocenters. The summed E-state index contributed by atoms with van der Waals surface area (Å²) in [5.74, 6) is 0. The average molecular weight is 295 g/mol. The number of hydrogen-bond acceptors (Lipinski definition) is 1. The molecule has 0 fully saturated rings. The van der Waals surface area contributed by atoms with Gasteiger partial charge in [0.05, 0.1) is 0 Å². The highest BCUT2D eigenvalue weighted by Crippen LogP contribution is 2.47. The van der Waals surface area contributed by atoms with Gasteiger partial charge >= 0.3 is 6.18 Å². The highest BCUT2D eigenvalue weighted by Gasteiger charge is 2.56. The van der Waals surface area contributed by atoms with Crippen molar-refractivity contribution >= 4 is 15.9 Å². The summed E-state index contributed by atoms with van der Waals surface area (Å²) >= 11 is 3.13. The van der Waals surface area contributed by atoms with Gasteiger partial charge < -0.3 is 5.11 Å². The zero-order chi connectivity index (χ0) is 12.0. The number of halogens is 4. The maximum Gasteiger partial charge on any atom is 0.421 e. The highest BCUT2D eigenvalue weighted by atomic mass is 79.9. The zero-order valence-electron chi connectivity index (χ0n) is 8.31. The largest absolute Gasteiger partial charge is 0.421 e. The van der Waals surface area contributed by atoms with E-state index in [-0.39, 0.29) is 12.0 Å². The summed E-state index contributed by atoms with van der Waals surface area (Å²) < 4.78 is 39.2. The molecule has 0 saturated carbocycles. The fourth-order valence-electron chi connectivity index (χ4n) is 2.12. The van der Waals surface area contributed by atoms with Gasteiger partial charge in [-0.25, -0.2) is 0 Å². The molecule has 1 N–H and O–H groups in total. The molecule has 88 valence electrons. The summed E-state index contributed by atoms with van der Waals surface area (Å²) in [7, 11) is 0. The lowest BCUT2D eigenvalue weighted by Gasteiger charge is -2.36. The second-order valence-electron chi connectivity index (χ2n) is 4.01. The molecule has 1 nitrogen and oxygen atoms in total. The Labute approximate surface area is 99.4 Å². The summed E-state index contributed by atoms with van der Waals surface area (Å²) in [5.41, 5.74) is -2.13. The van der Waals surface area contributed by atoms with Gasteiger partial charge in [-0.15, -0.1) is 0 Å². The van der Waals surface area contributed by atoms with E-state index in [0.717, 1.165) is 0 Å². The number of hydrogen-bond donors (Lipinski definition) is 1. The van der Waals surface area contributed by atoms with E-state index in [4.69, 9.17) is 0 Å². The van der Waals surface area contributed by atoms with Crippen LogP contribution in [0.5, 0.6) is 0 Å². The van der Waals surface area contributed by atoms with Crippen molar-refractivity contribution in [2.45, 2.75) is 31.0 Å². The van der Waals surface area contributed by atoms with Crippen LogP contribution >= 0.6 is 15.9 Å². The van der Waals surface area contributed by atoms with Crippen LogP contribution in [0.15, 0.2) is 22.7 Å². The first-order valence-corrected chi connectivity index (χ1v) is 5.72. The molecule has 5 heteroatoms. The number of aryl methyl sites for hydroxylation is 1. The lowest BCUT2D eigenvalue weighted by molar-refractivity contribution is -0.271. The SMILES string of the molecule is OC1(C(F)(F)F)CCCc2ccc(Br)cc21. The second-order valence-corrected chi connectivity index (χ2v) is 4.93. The Balaban J connectivity index is 2.59. The van der Waals surface area contributed by atoms with Crippen molar-refractivity contribution in [3.05, 3.63) is 33.8 Å². The number of alkyl halides is 3. The van der Waals surface area contributed by atoms with E-state index >= 15 is 0 Å². The van der Waals surface area contributed by atoms with Crippen LogP contribution in [0.2, 0.25) is 0 Å². The van der Waals surface area contributed by atoms with E-state index < -0.39 is 11.8 Å². The van der Waals surface area contributed by atoms with Crippen LogP contribution < -0.4 is 0 Å². The standard InChI is InChI=1S/C11H10BrF3O/c12-8-4-3-7-2-1-5-10(16,9(7)6-8)11(13,14)15/h3-4,6,16H,1-2,5H2. The van der Waals surface area contributed by atoms with E-state index in [2.05, 4.69) is 15.9 Å². The van der Waals surface area contributed by atoms with Crippen molar-refractivity contribution in [2.75, 3.05) is 0 Å². The third kappa shape index (κ3) is 1.76. The topological polar surface area (TPSA) is 20.2 Å². The van der Waals surface area contributed by atoms with Gasteiger partial charge in [0.2, 0.25) is 0 Å². The molecule has 0 spiro atoms. The molecule has 2 rings (SSSR count).